The van der Waals surface area contributed by atoms with Crippen molar-refractivity contribution < 1.29 is 31.1 Å². The van der Waals surface area contributed by atoms with E-state index in [1.54, 1.807) is 11.6 Å². The minimum absolute atomic E-state index is 0.00734. The summed E-state index contributed by atoms with van der Waals surface area (Å²) in [6.07, 6.45) is -9.59. The van der Waals surface area contributed by atoms with Crippen molar-refractivity contribution >= 4 is 0 Å². The maximum absolute atomic E-state index is 13.3. The number of hydrogen-bond donors (Lipinski definition) is 1. The van der Waals surface area contributed by atoms with E-state index in [0.717, 1.165) is 5.56 Å². The molecule has 2 heterocycles. The third-order valence-corrected chi connectivity index (χ3v) is 6.57. The predicted octanol–water partition coefficient (Wildman–Crippen LogP) is 5.62. The minimum atomic E-state index is -4.92. The lowest BCUT2D eigenvalue weighted by Crippen LogP contribution is -2.52. The quantitative estimate of drug-likeness (QED) is 0.434. The Balaban J connectivity index is 1.57. The van der Waals surface area contributed by atoms with E-state index >= 15 is 0 Å². The maximum atomic E-state index is 13.3. The Morgan fingerprint density at radius 3 is 2.19 bits per heavy atom. The molecule has 1 aliphatic heterocycles. The number of rotatable bonds is 6. The average Bonchev–Trinajstić information content (AvgIpc) is 3.27. The van der Waals surface area contributed by atoms with Crippen molar-refractivity contribution in [2.75, 3.05) is 13.2 Å². The zero-order chi connectivity index (χ0) is 26.1. The summed E-state index contributed by atoms with van der Waals surface area (Å²) < 4.78 is 87.5. The number of aryl methyl sites for hydroxylation is 1. The summed E-state index contributed by atoms with van der Waals surface area (Å²) in [4.78, 5) is 0. The lowest BCUT2D eigenvalue weighted by Gasteiger charge is -2.42. The number of alkyl halides is 6. The molecule has 3 atom stereocenters. The monoisotopic (exact) mass is 513 g/mol. The smallest absolute Gasteiger partial charge is 0.372 e. The molecule has 0 spiro atoms. The highest BCUT2D eigenvalue weighted by atomic mass is 19.4. The van der Waals surface area contributed by atoms with Crippen LogP contribution >= 0.6 is 0 Å². The molecule has 36 heavy (non-hydrogen) atoms. The third kappa shape index (κ3) is 5.54. The second kappa shape index (κ2) is 9.81. The Hall–Kier alpha value is -2.99. The number of aromatic nitrogens is 4. The van der Waals surface area contributed by atoms with Gasteiger partial charge >= 0.3 is 12.4 Å². The van der Waals surface area contributed by atoms with Gasteiger partial charge in [-0.25, -0.2) is 4.68 Å². The molecule has 0 aliphatic carbocycles. The third-order valence-electron chi connectivity index (χ3n) is 6.57. The molecule has 6 nitrogen and oxygen atoms in total. The van der Waals surface area contributed by atoms with Gasteiger partial charge in [0.15, 0.2) is 0 Å². The van der Waals surface area contributed by atoms with E-state index in [1.165, 1.54) is 6.92 Å². The molecular formula is C24H25F6N5O. The fraction of sp³-hybridized carbons (Fsp3) is 0.458. The molecule has 0 bridgehead atoms. The van der Waals surface area contributed by atoms with E-state index < -0.39 is 35.1 Å². The Morgan fingerprint density at radius 1 is 1.06 bits per heavy atom. The van der Waals surface area contributed by atoms with Gasteiger partial charge in [-0.15, -0.1) is 5.10 Å². The van der Waals surface area contributed by atoms with E-state index in [4.69, 9.17) is 4.74 Å². The number of halogens is 6. The highest BCUT2D eigenvalue weighted by Gasteiger charge is 2.40. The predicted molar refractivity (Wildman–Crippen MR) is 118 cm³/mol. The lowest BCUT2D eigenvalue weighted by atomic mass is 9.81. The first-order valence-corrected chi connectivity index (χ1v) is 11.3. The summed E-state index contributed by atoms with van der Waals surface area (Å²) in [5.41, 5.74) is -2.71. The highest BCUT2D eigenvalue weighted by Crippen LogP contribution is 2.39. The van der Waals surface area contributed by atoms with E-state index in [0.29, 0.717) is 37.3 Å². The van der Waals surface area contributed by atoms with Crippen molar-refractivity contribution in [3.05, 3.63) is 76.6 Å². The van der Waals surface area contributed by atoms with Crippen molar-refractivity contribution in [2.45, 2.75) is 56.7 Å². The zero-order valence-corrected chi connectivity index (χ0v) is 19.6. The van der Waals surface area contributed by atoms with Crippen LogP contribution in [0.5, 0.6) is 0 Å². The largest absolute Gasteiger partial charge is 0.416 e. The molecule has 0 radical (unpaired) electrons. The van der Waals surface area contributed by atoms with E-state index in [1.807, 2.05) is 30.3 Å². The maximum Gasteiger partial charge on any atom is 0.416 e. The summed E-state index contributed by atoms with van der Waals surface area (Å²) in [5.74, 6) is 0.670. The number of piperidine rings is 1. The topological polar surface area (TPSA) is 64.9 Å². The van der Waals surface area contributed by atoms with Gasteiger partial charge in [-0.2, -0.15) is 26.3 Å². The standard InChI is InChI=1S/C24H25F6N5O/c1-15(17-10-19(23(25,26)27)12-20(11-17)24(28,29)30)36-14-22(18-6-4-3-5-7-18)9-8-21(13-31-22)35-16(2)32-33-34-35/h3-7,10-12,15,21,31H,8-9,13-14H2,1-2H3/t15?,21-,22-/m1/s1. The second-order valence-corrected chi connectivity index (χ2v) is 8.98. The summed E-state index contributed by atoms with van der Waals surface area (Å²) in [7, 11) is 0. The molecule has 0 amide bonds. The van der Waals surface area contributed by atoms with Gasteiger partial charge < -0.3 is 10.1 Å². The van der Waals surface area contributed by atoms with Gasteiger partial charge in [-0.3, -0.25) is 0 Å². The van der Waals surface area contributed by atoms with Gasteiger partial charge in [0.05, 0.1) is 35.4 Å². The molecule has 1 unspecified atom stereocenters. The first-order valence-electron chi connectivity index (χ1n) is 11.3. The van der Waals surface area contributed by atoms with Gasteiger partial charge in [-0.05, 0) is 66.4 Å². The number of ether oxygens (including phenoxy) is 1. The minimum Gasteiger partial charge on any atom is -0.372 e. The van der Waals surface area contributed by atoms with E-state index in [-0.39, 0.29) is 24.3 Å². The van der Waals surface area contributed by atoms with Crippen LogP contribution in [0, 0.1) is 6.92 Å². The number of tetrazole rings is 1. The molecule has 0 saturated carbocycles. The van der Waals surface area contributed by atoms with Gasteiger partial charge in [-0.1, -0.05) is 30.3 Å². The van der Waals surface area contributed by atoms with Gasteiger partial charge in [0, 0.05) is 6.54 Å². The van der Waals surface area contributed by atoms with Crippen LogP contribution < -0.4 is 5.32 Å². The SMILES string of the molecule is Cc1nnnn1[C@@H]1CC[C@@](COC(C)c2cc(C(F)(F)F)cc(C(F)(F)F)c2)(c2ccccc2)NC1. The normalized spacial score (nSPS) is 21.9. The first-order chi connectivity index (χ1) is 16.9. The van der Waals surface area contributed by atoms with Crippen LogP contribution in [0.25, 0.3) is 0 Å². The molecule has 12 heteroatoms. The molecule has 1 aromatic heterocycles. The molecule has 1 N–H and O–H groups in total. The molecule has 194 valence electrons. The molecule has 4 rings (SSSR count). The number of nitrogens with one attached hydrogen (secondary N) is 1. The Labute approximate surface area is 203 Å². The van der Waals surface area contributed by atoms with Crippen molar-refractivity contribution in [3.63, 3.8) is 0 Å². The molecule has 3 aromatic rings. The Kier molecular flexibility index (Phi) is 7.11. The average molecular weight is 513 g/mol. The molecule has 2 aromatic carbocycles. The number of nitrogens with zero attached hydrogens (tertiary/aromatic N) is 4. The first kappa shape index (κ1) is 26.1. The molecule has 1 fully saturated rings. The van der Waals surface area contributed by atoms with Crippen LogP contribution in [0.2, 0.25) is 0 Å². The zero-order valence-electron chi connectivity index (χ0n) is 19.6. The van der Waals surface area contributed by atoms with Crippen molar-refractivity contribution in [1.29, 1.82) is 0 Å². The number of benzene rings is 2. The fourth-order valence-electron chi connectivity index (χ4n) is 4.49. The second-order valence-electron chi connectivity index (χ2n) is 8.98. The van der Waals surface area contributed by atoms with Crippen molar-refractivity contribution in [1.82, 2.24) is 25.5 Å². The summed E-state index contributed by atoms with van der Waals surface area (Å²) in [6, 6.07) is 10.9. The highest BCUT2D eigenvalue weighted by molar-refractivity contribution is 5.35. The van der Waals surface area contributed by atoms with Crippen LogP contribution in [-0.2, 0) is 22.6 Å². The summed E-state index contributed by atoms with van der Waals surface area (Å²) in [6.45, 7) is 3.79. The lowest BCUT2D eigenvalue weighted by molar-refractivity contribution is -0.143. The summed E-state index contributed by atoms with van der Waals surface area (Å²) >= 11 is 0. The van der Waals surface area contributed by atoms with Crippen LogP contribution in [0.3, 0.4) is 0 Å². The van der Waals surface area contributed by atoms with Gasteiger partial charge in [0.1, 0.15) is 5.82 Å². The van der Waals surface area contributed by atoms with Crippen molar-refractivity contribution in [3.8, 4) is 0 Å². The fourth-order valence-corrected chi connectivity index (χ4v) is 4.49. The van der Waals surface area contributed by atoms with E-state index in [9.17, 15) is 26.3 Å². The Morgan fingerprint density at radius 2 is 1.69 bits per heavy atom. The number of hydrogen-bond acceptors (Lipinski definition) is 5. The van der Waals surface area contributed by atoms with Crippen LogP contribution in [-0.4, -0.2) is 33.4 Å². The van der Waals surface area contributed by atoms with Crippen molar-refractivity contribution in [2.24, 2.45) is 0 Å². The van der Waals surface area contributed by atoms with Crippen LogP contribution in [0.15, 0.2) is 48.5 Å². The molecule has 1 saturated heterocycles. The summed E-state index contributed by atoms with van der Waals surface area (Å²) in [5, 5.41) is 15.1. The Bertz CT molecular complexity index is 1140. The van der Waals surface area contributed by atoms with Gasteiger partial charge in [0.25, 0.3) is 0 Å². The van der Waals surface area contributed by atoms with Crippen LogP contribution in [0.4, 0.5) is 26.3 Å². The molecule has 1 aliphatic rings. The van der Waals surface area contributed by atoms with Crippen LogP contribution in [0.1, 0.15) is 60.0 Å². The van der Waals surface area contributed by atoms with E-state index in [2.05, 4.69) is 20.8 Å². The molecular weight excluding hydrogens is 488 g/mol. The van der Waals surface area contributed by atoms with Gasteiger partial charge in [0.2, 0.25) is 0 Å².